The first-order chi connectivity index (χ1) is 12.0. The third kappa shape index (κ3) is 3.94. The number of rotatable bonds is 3. The van der Waals surface area contributed by atoms with Crippen LogP contribution in [0.25, 0.3) is 5.65 Å². The number of amides is 1. The van der Waals surface area contributed by atoms with Crippen molar-refractivity contribution in [3.63, 3.8) is 0 Å². The summed E-state index contributed by atoms with van der Waals surface area (Å²) in [5, 5.41) is 16.5. The Labute approximate surface area is 156 Å². The molecular formula is C15H8Cl3N5O2. The highest BCUT2D eigenvalue weighted by Crippen LogP contribution is 2.21. The van der Waals surface area contributed by atoms with Gasteiger partial charge in [0.15, 0.2) is 5.65 Å². The van der Waals surface area contributed by atoms with Gasteiger partial charge in [-0.1, -0.05) is 34.8 Å². The molecule has 1 amide bonds. The normalized spacial score (nSPS) is 10.5. The van der Waals surface area contributed by atoms with Gasteiger partial charge in [-0.25, -0.2) is 9.78 Å². The fourth-order valence-electron chi connectivity index (χ4n) is 2.08. The lowest BCUT2D eigenvalue weighted by molar-refractivity contribution is 0.197. The Hall–Kier alpha value is -2.53. The van der Waals surface area contributed by atoms with E-state index in [-0.39, 0.29) is 28.8 Å². The minimum absolute atomic E-state index is 0.0260. The molecule has 1 aromatic carbocycles. The molecule has 0 saturated heterocycles. The maximum atomic E-state index is 12.0. The van der Waals surface area contributed by atoms with Crippen LogP contribution in [-0.4, -0.2) is 20.7 Å². The van der Waals surface area contributed by atoms with Crippen molar-refractivity contribution in [1.29, 1.82) is 5.26 Å². The van der Waals surface area contributed by atoms with Gasteiger partial charge in [0.2, 0.25) is 5.88 Å². The van der Waals surface area contributed by atoms with Gasteiger partial charge in [-0.2, -0.15) is 14.9 Å². The molecule has 0 aliphatic heterocycles. The SMILES string of the molecule is N#Cc1cnn2c(OC(=O)NCc3cc(Cl)cc(Cl)c3)cc(Cl)nc12. The zero-order chi connectivity index (χ0) is 18.0. The second-order valence-electron chi connectivity index (χ2n) is 4.84. The summed E-state index contributed by atoms with van der Waals surface area (Å²) < 4.78 is 6.41. The molecule has 2 heterocycles. The molecule has 0 aliphatic rings. The molecule has 10 heteroatoms. The van der Waals surface area contributed by atoms with E-state index in [0.29, 0.717) is 15.6 Å². The van der Waals surface area contributed by atoms with Crippen molar-refractivity contribution in [2.45, 2.75) is 6.54 Å². The molecule has 3 aromatic rings. The molecule has 7 nitrogen and oxygen atoms in total. The lowest BCUT2D eigenvalue weighted by atomic mass is 10.2. The van der Waals surface area contributed by atoms with Gasteiger partial charge >= 0.3 is 6.09 Å². The number of nitrogens with zero attached hydrogens (tertiary/aromatic N) is 4. The number of carbonyl (C=O) groups excluding carboxylic acids is 1. The molecule has 1 N–H and O–H groups in total. The summed E-state index contributed by atoms with van der Waals surface area (Å²) in [7, 11) is 0. The molecule has 0 fully saturated rings. The highest BCUT2D eigenvalue weighted by Gasteiger charge is 2.14. The molecule has 0 unspecified atom stereocenters. The Morgan fingerprint density at radius 1 is 1.24 bits per heavy atom. The molecule has 0 saturated carbocycles. The monoisotopic (exact) mass is 395 g/mol. The van der Waals surface area contributed by atoms with Crippen molar-refractivity contribution in [3.05, 3.63) is 56.8 Å². The van der Waals surface area contributed by atoms with Gasteiger partial charge in [0.1, 0.15) is 16.8 Å². The molecule has 0 aliphatic carbocycles. The number of benzene rings is 1. The van der Waals surface area contributed by atoms with Crippen molar-refractivity contribution in [1.82, 2.24) is 19.9 Å². The van der Waals surface area contributed by atoms with Crippen LogP contribution in [0.5, 0.6) is 5.88 Å². The molecule has 0 atom stereocenters. The molecule has 2 aromatic heterocycles. The molecular weight excluding hydrogens is 389 g/mol. The summed E-state index contributed by atoms with van der Waals surface area (Å²) in [6, 6.07) is 8.17. The van der Waals surface area contributed by atoms with Gasteiger partial charge in [0.25, 0.3) is 0 Å². The van der Waals surface area contributed by atoms with E-state index in [1.165, 1.54) is 16.8 Å². The first kappa shape index (κ1) is 17.3. The summed E-state index contributed by atoms with van der Waals surface area (Å²) >= 11 is 17.7. The fraction of sp³-hybridized carbons (Fsp3) is 0.0667. The average Bonchev–Trinajstić information content (AvgIpc) is 2.95. The molecule has 0 spiro atoms. The van der Waals surface area contributed by atoms with Crippen LogP contribution in [0.4, 0.5) is 4.79 Å². The lowest BCUT2D eigenvalue weighted by Crippen LogP contribution is -2.27. The van der Waals surface area contributed by atoms with E-state index >= 15 is 0 Å². The van der Waals surface area contributed by atoms with E-state index in [9.17, 15) is 4.79 Å². The van der Waals surface area contributed by atoms with Gasteiger partial charge in [0, 0.05) is 22.7 Å². The second kappa shape index (κ2) is 7.15. The maximum absolute atomic E-state index is 12.0. The Morgan fingerprint density at radius 2 is 1.96 bits per heavy atom. The number of fused-ring (bicyclic) bond motifs is 1. The topological polar surface area (TPSA) is 92.3 Å². The number of hydrogen-bond acceptors (Lipinski definition) is 5. The molecule has 25 heavy (non-hydrogen) atoms. The standard InChI is InChI=1S/C15H8Cl3N5O2/c16-10-1-8(2-11(17)3-10)6-20-15(24)25-13-4-12(18)22-14-9(5-19)7-21-23(13)14/h1-4,7H,6H2,(H,20,24). The van der Waals surface area contributed by atoms with Crippen molar-refractivity contribution < 1.29 is 9.53 Å². The number of nitriles is 1. The van der Waals surface area contributed by atoms with Gasteiger partial charge in [0.05, 0.1) is 6.20 Å². The molecule has 0 bridgehead atoms. The molecule has 0 radical (unpaired) electrons. The van der Waals surface area contributed by atoms with E-state index in [2.05, 4.69) is 15.4 Å². The summed E-state index contributed by atoms with van der Waals surface area (Å²) in [4.78, 5) is 16.0. The van der Waals surface area contributed by atoms with Crippen molar-refractivity contribution in [2.24, 2.45) is 0 Å². The zero-order valence-corrected chi connectivity index (χ0v) is 14.6. The first-order valence-corrected chi connectivity index (χ1v) is 7.94. The molecule has 3 rings (SSSR count). The minimum atomic E-state index is -0.742. The third-order valence-corrected chi connectivity index (χ3v) is 3.71. The van der Waals surface area contributed by atoms with Crippen LogP contribution in [0.15, 0.2) is 30.5 Å². The zero-order valence-electron chi connectivity index (χ0n) is 12.3. The number of halogens is 3. The maximum Gasteiger partial charge on any atom is 0.414 e. The van der Waals surface area contributed by atoms with Crippen molar-refractivity contribution in [3.8, 4) is 11.9 Å². The van der Waals surface area contributed by atoms with Crippen LogP contribution in [0, 0.1) is 11.3 Å². The van der Waals surface area contributed by atoms with Crippen LogP contribution in [0.1, 0.15) is 11.1 Å². The molecule has 126 valence electrons. The number of hydrogen-bond donors (Lipinski definition) is 1. The van der Waals surface area contributed by atoms with E-state index in [4.69, 9.17) is 44.8 Å². The van der Waals surface area contributed by atoms with Crippen LogP contribution < -0.4 is 10.1 Å². The van der Waals surface area contributed by atoms with Gasteiger partial charge in [-0.15, -0.1) is 0 Å². The Bertz CT molecular complexity index is 992. The van der Waals surface area contributed by atoms with Crippen LogP contribution in [-0.2, 0) is 6.54 Å². The van der Waals surface area contributed by atoms with Crippen LogP contribution in [0.2, 0.25) is 15.2 Å². The van der Waals surface area contributed by atoms with E-state index in [0.717, 1.165) is 0 Å². The van der Waals surface area contributed by atoms with Crippen molar-refractivity contribution >= 4 is 46.5 Å². The Balaban J connectivity index is 1.76. The number of aromatic nitrogens is 3. The fourth-order valence-corrected chi connectivity index (χ4v) is 2.82. The Morgan fingerprint density at radius 3 is 2.64 bits per heavy atom. The van der Waals surface area contributed by atoms with Crippen LogP contribution in [0.3, 0.4) is 0 Å². The lowest BCUT2D eigenvalue weighted by Gasteiger charge is -2.09. The summed E-state index contributed by atoms with van der Waals surface area (Å²) in [6.07, 6.45) is 0.561. The highest BCUT2D eigenvalue weighted by molar-refractivity contribution is 6.34. The summed E-state index contributed by atoms with van der Waals surface area (Å²) in [5.74, 6) is 0.0260. The number of nitrogens with one attached hydrogen (secondary N) is 1. The van der Waals surface area contributed by atoms with E-state index in [1.807, 2.05) is 6.07 Å². The number of ether oxygens (including phenoxy) is 1. The predicted octanol–water partition coefficient (Wildman–Crippen LogP) is 3.85. The quantitative estimate of drug-likeness (QED) is 0.679. The smallest absolute Gasteiger partial charge is 0.391 e. The Kier molecular flexibility index (Phi) is 4.95. The van der Waals surface area contributed by atoms with Crippen molar-refractivity contribution in [2.75, 3.05) is 0 Å². The highest BCUT2D eigenvalue weighted by atomic mass is 35.5. The third-order valence-electron chi connectivity index (χ3n) is 3.08. The van der Waals surface area contributed by atoms with Gasteiger partial charge in [-0.05, 0) is 23.8 Å². The van der Waals surface area contributed by atoms with Gasteiger partial charge < -0.3 is 10.1 Å². The predicted molar refractivity (Wildman–Crippen MR) is 92.0 cm³/mol. The minimum Gasteiger partial charge on any atom is -0.391 e. The largest absolute Gasteiger partial charge is 0.414 e. The summed E-state index contributed by atoms with van der Waals surface area (Å²) in [5.41, 5.74) is 1.11. The number of carbonyl (C=O) groups is 1. The summed E-state index contributed by atoms with van der Waals surface area (Å²) in [6.45, 7) is 0.156. The van der Waals surface area contributed by atoms with E-state index in [1.54, 1.807) is 18.2 Å². The van der Waals surface area contributed by atoms with Crippen LogP contribution >= 0.6 is 34.8 Å². The second-order valence-corrected chi connectivity index (χ2v) is 6.10. The van der Waals surface area contributed by atoms with E-state index < -0.39 is 6.09 Å². The average molecular weight is 397 g/mol. The van der Waals surface area contributed by atoms with Gasteiger partial charge in [-0.3, -0.25) is 0 Å². The first-order valence-electron chi connectivity index (χ1n) is 6.81.